The molecule has 0 heterocycles. The second kappa shape index (κ2) is 5.91. The Morgan fingerprint density at radius 3 is 2.61 bits per heavy atom. The summed E-state index contributed by atoms with van der Waals surface area (Å²) in [6, 6.07) is 5.78. The van der Waals surface area contributed by atoms with Crippen LogP contribution in [0.4, 0.5) is 0 Å². The minimum absolute atomic E-state index is 0.370. The van der Waals surface area contributed by atoms with Gasteiger partial charge in [0.05, 0.1) is 20.3 Å². The molecule has 18 heavy (non-hydrogen) atoms. The van der Waals surface area contributed by atoms with Crippen molar-refractivity contribution in [2.75, 3.05) is 14.2 Å². The average Bonchev–Trinajstić information content (AvgIpc) is 2.92. The van der Waals surface area contributed by atoms with E-state index in [4.69, 9.17) is 9.47 Å². The van der Waals surface area contributed by atoms with E-state index < -0.39 is 0 Å². The zero-order valence-electron chi connectivity index (χ0n) is 11.0. The zero-order chi connectivity index (χ0) is 13.0. The molecule has 2 rings (SSSR count). The molecule has 0 aromatic heterocycles. The molecule has 0 bridgehead atoms. The van der Waals surface area contributed by atoms with E-state index >= 15 is 0 Å². The molecule has 1 N–H and O–H groups in total. The van der Waals surface area contributed by atoms with Crippen LogP contribution in [0.3, 0.4) is 0 Å². The molecule has 0 aliphatic heterocycles. The van der Waals surface area contributed by atoms with Gasteiger partial charge in [0.1, 0.15) is 0 Å². The first-order chi connectivity index (χ1) is 8.74. The highest BCUT2D eigenvalue weighted by Crippen LogP contribution is 2.29. The molecule has 0 saturated carbocycles. The minimum Gasteiger partial charge on any atom is -0.493 e. The molecule has 1 aliphatic rings. The van der Waals surface area contributed by atoms with Gasteiger partial charge in [-0.2, -0.15) is 0 Å². The van der Waals surface area contributed by atoms with Crippen LogP contribution in [0.15, 0.2) is 29.8 Å². The summed E-state index contributed by atoms with van der Waals surface area (Å²) in [6.07, 6.45) is 5.70. The van der Waals surface area contributed by atoms with E-state index in [1.807, 2.05) is 18.2 Å². The van der Waals surface area contributed by atoms with Crippen molar-refractivity contribution in [3.05, 3.63) is 35.4 Å². The molecule has 0 saturated heterocycles. The highest BCUT2D eigenvalue weighted by Gasteiger charge is 2.15. The summed E-state index contributed by atoms with van der Waals surface area (Å²) in [4.78, 5) is 0. The molecule has 1 unspecified atom stereocenters. The van der Waals surface area contributed by atoms with Crippen molar-refractivity contribution in [1.29, 1.82) is 0 Å². The first kappa shape index (κ1) is 13.0. The summed E-state index contributed by atoms with van der Waals surface area (Å²) in [5.74, 6) is 1.43. The van der Waals surface area contributed by atoms with Crippen LogP contribution in [0.25, 0.3) is 0 Å². The molecule has 1 aliphatic carbocycles. The van der Waals surface area contributed by atoms with Crippen LogP contribution in [-0.2, 0) is 6.42 Å². The lowest BCUT2D eigenvalue weighted by molar-refractivity contribution is 0.208. The van der Waals surface area contributed by atoms with E-state index in [1.165, 1.54) is 12.0 Å². The third-order valence-electron chi connectivity index (χ3n) is 3.38. The van der Waals surface area contributed by atoms with Gasteiger partial charge in [-0.3, -0.25) is 0 Å². The molecule has 3 heteroatoms. The summed E-state index contributed by atoms with van der Waals surface area (Å²) >= 11 is 0. The topological polar surface area (TPSA) is 38.7 Å². The normalized spacial score (nSPS) is 16.3. The number of allylic oxidation sites excluding steroid dienone is 1. The summed E-state index contributed by atoms with van der Waals surface area (Å²) < 4.78 is 10.5. The Labute approximate surface area is 108 Å². The number of hydrogen-bond donors (Lipinski definition) is 1. The Hall–Kier alpha value is -1.48. The van der Waals surface area contributed by atoms with Crippen LogP contribution in [0.1, 0.15) is 24.8 Å². The smallest absolute Gasteiger partial charge is 0.160 e. The van der Waals surface area contributed by atoms with E-state index in [1.54, 1.807) is 14.2 Å². The maximum absolute atomic E-state index is 10.2. The van der Waals surface area contributed by atoms with Gasteiger partial charge in [-0.25, -0.2) is 0 Å². The Kier molecular flexibility index (Phi) is 4.26. The van der Waals surface area contributed by atoms with E-state index in [2.05, 4.69) is 6.08 Å². The monoisotopic (exact) mass is 248 g/mol. The summed E-state index contributed by atoms with van der Waals surface area (Å²) in [7, 11) is 3.24. The molecular weight excluding hydrogens is 228 g/mol. The lowest BCUT2D eigenvalue weighted by Gasteiger charge is -2.14. The second-order valence-corrected chi connectivity index (χ2v) is 4.58. The van der Waals surface area contributed by atoms with Gasteiger partial charge in [0.15, 0.2) is 11.5 Å². The number of rotatable bonds is 5. The number of aliphatic hydroxyl groups excluding tert-OH is 1. The standard InChI is InChI=1S/C15H20O3/c1-17-14-8-7-11(10-15(14)18-2)9-13(16)12-5-3-4-6-12/h5,7-8,10,13,16H,3-4,6,9H2,1-2H3. The fourth-order valence-corrected chi connectivity index (χ4v) is 2.36. The van der Waals surface area contributed by atoms with Gasteiger partial charge >= 0.3 is 0 Å². The molecule has 1 aromatic carbocycles. The van der Waals surface area contributed by atoms with Crippen molar-refractivity contribution in [3.63, 3.8) is 0 Å². The van der Waals surface area contributed by atoms with E-state index in [0.717, 1.165) is 24.2 Å². The predicted molar refractivity (Wildman–Crippen MR) is 71.2 cm³/mol. The van der Waals surface area contributed by atoms with Crippen molar-refractivity contribution < 1.29 is 14.6 Å². The highest BCUT2D eigenvalue weighted by atomic mass is 16.5. The fourth-order valence-electron chi connectivity index (χ4n) is 2.36. The molecule has 1 aromatic rings. The molecule has 0 spiro atoms. The van der Waals surface area contributed by atoms with Crippen molar-refractivity contribution in [1.82, 2.24) is 0 Å². The van der Waals surface area contributed by atoms with E-state index in [9.17, 15) is 5.11 Å². The fraction of sp³-hybridized carbons (Fsp3) is 0.467. The molecule has 1 atom stereocenters. The van der Waals surface area contributed by atoms with Gasteiger partial charge in [-0.05, 0) is 42.5 Å². The number of methoxy groups -OCH3 is 2. The number of aliphatic hydroxyl groups is 1. The third kappa shape index (κ3) is 2.85. The van der Waals surface area contributed by atoms with Gasteiger partial charge < -0.3 is 14.6 Å². The van der Waals surface area contributed by atoms with Gasteiger partial charge in [-0.15, -0.1) is 0 Å². The van der Waals surface area contributed by atoms with Crippen LogP contribution in [-0.4, -0.2) is 25.4 Å². The minimum atomic E-state index is -0.370. The quantitative estimate of drug-likeness (QED) is 0.814. The Bertz CT molecular complexity index is 437. The summed E-state index contributed by atoms with van der Waals surface area (Å²) in [6.45, 7) is 0. The maximum atomic E-state index is 10.2. The molecule has 0 fully saturated rings. The lowest BCUT2D eigenvalue weighted by atomic mass is 10.0. The van der Waals surface area contributed by atoms with Crippen LogP contribution in [0.5, 0.6) is 11.5 Å². The first-order valence-corrected chi connectivity index (χ1v) is 6.32. The lowest BCUT2D eigenvalue weighted by Crippen LogP contribution is -2.12. The van der Waals surface area contributed by atoms with Crippen LogP contribution >= 0.6 is 0 Å². The zero-order valence-corrected chi connectivity index (χ0v) is 11.0. The molecule has 3 nitrogen and oxygen atoms in total. The highest BCUT2D eigenvalue weighted by molar-refractivity contribution is 5.43. The van der Waals surface area contributed by atoms with Crippen molar-refractivity contribution in [2.45, 2.75) is 31.8 Å². The maximum Gasteiger partial charge on any atom is 0.160 e. The number of ether oxygens (including phenoxy) is 2. The number of hydrogen-bond acceptors (Lipinski definition) is 3. The van der Waals surface area contributed by atoms with Gasteiger partial charge in [-0.1, -0.05) is 12.1 Å². The van der Waals surface area contributed by atoms with Gasteiger partial charge in [0.2, 0.25) is 0 Å². The van der Waals surface area contributed by atoms with Crippen molar-refractivity contribution >= 4 is 0 Å². The third-order valence-corrected chi connectivity index (χ3v) is 3.38. The Morgan fingerprint density at radius 1 is 1.22 bits per heavy atom. The molecule has 98 valence electrons. The van der Waals surface area contributed by atoms with Crippen molar-refractivity contribution in [2.24, 2.45) is 0 Å². The van der Waals surface area contributed by atoms with Gasteiger partial charge in [0.25, 0.3) is 0 Å². The van der Waals surface area contributed by atoms with Gasteiger partial charge in [0, 0.05) is 6.42 Å². The largest absolute Gasteiger partial charge is 0.493 e. The average molecular weight is 248 g/mol. The second-order valence-electron chi connectivity index (χ2n) is 4.58. The Balaban J connectivity index is 2.09. The van der Waals surface area contributed by atoms with E-state index in [-0.39, 0.29) is 6.10 Å². The van der Waals surface area contributed by atoms with Crippen LogP contribution < -0.4 is 9.47 Å². The number of benzene rings is 1. The summed E-state index contributed by atoms with van der Waals surface area (Å²) in [5, 5.41) is 10.2. The molecular formula is C15H20O3. The van der Waals surface area contributed by atoms with E-state index in [0.29, 0.717) is 12.2 Å². The molecule has 0 radical (unpaired) electrons. The predicted octanol–water partition coefficient (Wildman–Crippen LogP) is 2.72. The van der Waals surface area contributed by atoms with Crippen molar-refractivity contribution in [3.8, 4) is 11.5 Å². The first-order valence-electron chi connectivity index (χ1n) is 6.32. The summed E-state index contributed by atoms with van der Waals surface area (Å²) in [5.41, 5.74) is 2.23. The molecule has 0 amide bonds. The van der Waals surface area contributed by atoms with Crippen LogP contribution in [0.2, 0.25) is 0 Å². The van der Waals surface area contributed by atoms with Crippen LogP contribution in [0, 0.1) is 0 Å². The Morgan fingerprint density at radius 2 is 2.00 bits per heavy atom. The SMILES string of the molecule is COc1ccc(CC(O)C2=CCCC2)cc1OC.